The minimum absolute atomic E-state index is 0.329. The summed E-state index contributed by atoms with van der Waals surface area (Å²) in [5.74, 6) is 0.610. The quantitative estimate of drug-likeness (QED) is 0.689. The third-order valence-electron chi connectivity index (χ3n) is 2.27. The smallest absolute Gasteiger partial charge is 0.234 e. The SMILES string of the molecule is CC(C)CC1CCCN1S(=O)O. The molecule has 1 fully saturated rings. The first-order valence-corrected chi connectivity index (χ1v) is 5.55. The molecule has 4 heteroatoms. The van der Waals surface area contributed by atoms with Crippen LogP contribution in [0.2, 0.25) is 0 Å². The molecule has 1 N–H and O–H groups in total. The summed E-state index contributed by atoms with van der Waals surface area (Å²) >= 11 is -1.75. The average molecular weight is 191 g/mol. The number of rotatable bonds is 3. The van der Waals surface area contributed by atoms with E-state index in [0.29, 0.717) is 12.0 Å². The predicted octanol–water partition coefficient (Wildman–Crippen LogP) is 1.63. The molecule has 0 radical (unpaired) electrons. The maximum Gasteiger partial charge on any atom is 0.234 e. The molecule has 1 heterocycles. The molecule has 0 amide bonds. The second-order valence-corrected chi connectivity index (χ2v) is 4.73. The van der Waals surface area contributed by atoms with Crippen molar-refractivity contribution < 1.29 is 8.76 Å². The largest absolute Gasteiger partial charge is 0.294 e. The molecule has 0 aromatic rings. The molecule has 72 valence electrons. The highest BCUT2D eigenvalue weighted by molar-refractivity contribution is 7.76. The summed E-state index contributed by atoms with van der Waals surface area (Å²) < 4.78 is 21.5. The molecule has 2 unspecified atom stereocenters. The van der Waals surface area contributed by atoms with Crippen molar-refractivity contribution in [3.8, 4) is 0 Å². The van der Waals surface area contributed by atoms with Crippen LogP contribution in [-0.4, -0.2) is 25.7 Å². The monoisotopic (exact) mass is 191 g/mol. The van der Waals surface area contributed by atoms with Gasteiger partial charge in [-0.25, -0.2) is 4.21 Å². The summed E-state index contributed by atoms with van der Waals surface area (Å²) in [5.41, 5.74) is 0. The topological polar surface area (TPSA) is 40.5 Å². The van der Waals surface area contributed by atoms with Crippen molar-refractivity contribution in [2.24, 2.45) is 5.92 Å². The highest BCUT2D eigenvalue weighted by Gasteiger charge is 2.28. The van der Waals surface area contributed by atoms with E-state index in [-0.39, 0.29) is 0 Å². The Labute approximate surface area is 76.6 Å². The molecule has 12 heavy (non-hydrogen) atoms. The lowest BCUT2D eigenvalue weighted by molar-refractivity contribution is 0.330. The van der Waals surface area contributed by atoms with E-state index in [0.717, 1.165) is 25.8 Å². The first-order valence-electron chi connectivity index (χ1n) is 4.49. The van der Waals surface area contributed by atoms with Crippen LogP contribution in [0.5, 0.6) is 0 Å². The Morgan fingerprint density at radius 1 is 1.67 bits per heavy atom. The van der Waals surface area contributed by atoms with Crippen molar-refractivity contribution in [1.29, 1.82) is 0 Å². The Morgan fingerprint density at radius 3 is 2.83 bits per heavy atom. The van der Waals surface area contributed by atoms with E-state index < -0.39 is 11.3 Å². The lowest BCUT2D eigenvalue weighted by Gasteiger charge is -2.21. The maximum atomic E-state index is 10.8. The van der Waals surface area contributed by atoms with Gasteiger partial charge in [0, 0.05) is 12.6 Å². The van der Waals surface area contributed by atoms with Crippen LogP contribution >= 0.6 is 0 Å². The van der Waals surface area contributed by atoms with E-state index >= 15 is 0 Å². The summed E-state index contributed by atoms with van der Waals surface area (Å²) in [5, 5.41) is 0. The highest BCUT2D eigenvalue weighted by atomic mass is 32.2. The van der Waals surface area contributed by atoms with Gasteiger partial charge in [-0.3, -0.25) is 4.55 Å². The molecule has 3 nitrogen and oxygen atoms in total. The van der Waals surface area contributed by atoms with Gasteiger partial charge in [0.05, 0.1) is 0 Å². The fourth-order valence-electron chi connectivity index (χ4n) is 1.79. The van der Waals surface area contributed by atoms with Gasteiger partial charge in [-0.1, -0.05) is 13.8 Å². The van der Waals surface area contributed by atoms with Crippen molar-refractivity contribution in [3.63, 3.8) is 0 Å². The molecule has 0 aliphatic carbocycles. The zero-order chi connectivity index (χ0) is 9.14. The summed E-state index contributed by atoms with van der Waals surface area (Å²) in [6.45, 7) is 5.08. The molecule has 2 atom stereocenters. The minimum atomic E-state index is -1.75. The van der Waals surface area contributed by atoms with Crippen LogP contribution in [0.25, 0.3) is 0 Å². The molecule has 1 aliphatic rings. The van der Waals surface area contributed by atoms with Crippen molar-refractivity contribution in [1.82, 2.24) is 4.31 Å². The van der Waals surface area contributed by atoms with Crippen molar-refractivity contribution in [2.45, 2.75) is 39.2 Å². The van der Waals surface area contributed by atoms with E-state index in [4.69, 9.17) is 4.55 Å². The van der Waals surface area contributed by atoms with Gasteiger partial charge in [0.2, 0.25) is 11.3 Å². The molecule has 0 bridgehead atoms. The molecule has 0 spiro atoms. The fraction of sp³-hybridized carbons (Fsp3) is 1.00. The van der Waals surface area contributed by atoms with Gasteiger partial charge in [0.1, 0.15) is 0 Å². The van der Waals surface area contributed by atoms with E-state index in [1.165, 1.54) is 0 Å². The van der Waals surface area contributed by atoms with Gasteiger partial charge >= 0.3 is 0 Å². The second-order valence-electron chi connectivity index (χ2n) is 3.80. The molecule has 1 saturated heterocycles. The van der Waals surface area contributed by atoms with Crippen molar-refractivity contribution in [2.75, 3.05) is 6.54 Å². The Hall–Kier alpha value is 0.0700. The minimum Gasteiger partial charge on any atom is -0.294 e. The lowest BCUT2D eigenvalue weighted by atomic mass is 10.0. The van der Waals surface area contributed by atoms with E-state index in [9.17, 15) is 4.21 Å². The van der Waals surface area contributed by atoms with Crippen LogP contribution in [0, 0.1) is 5.92 Å². The van der Waals surface area contributed by atoms with E-state index in [1.54, 1.807) is 4.31 Å². The fourth-order valence-corrected chi connectivity index (χ4v) is 2.53. The first kappa shape index (κ1) is 10.2. The second kappa shape index (κ2) is 4.35. The predicted molar refractivity (Wildman–Crippen MR) is 50.0 cm³/mol. The van der Waals surface area contributed by atoms with Gasteiger partial charge in [-0.15, -0.1) is 0 Å². The summed E-state index contributed by atoms with van der Waals surface area (Å²) in [6.07, 6.45) is 3.17. The third-order valence-corrected chi connectivity index (χ3v) is 3.15. The van der Waals surface area contributed by atoms with Gasteiger partial charge in [-0.2, -0.15) is 4.31 Å². The summed E-state index contributed by atoms with van der Waals surface area (Å²) in [6, 6.07) is 0.329. The zero-order valence-electron chi connectivity index (χ0n) is 7.69. The normalized spacial score (nSPS) is 28.2. The van der Waals surface area contributed by atoms with Crippen LogP contribution in [0.1, 0.15) is 33.1 Å². The molecule has 0 aromatic heterocycles. The Balaban J connectivity index is 2.46. The van der Waals surface area contributed by atoms with E-state index in [2.05, 4.69) is 13.8 Å². The molecule has 1 rings (SSSR count). The van der Waals surface area contributed by atoms with Crippen LogP contribution in [0.15, 0.2) is 0 Å². The Bertz CT molecular complexity index is 172. The van der Waals surface area contributed by atoms with Gasteiger partial charge in [0.15, 0.2) is 0 Å². The summed E-state index contributed by atoms with van der Waals surface area (Å²) in [7, 11) is 0. The third kappa shape index (κ3) is 2.54. The van der Waals surface area contributed by atoms with Gasteiger partial charge < -0.3 is 0 Å². The molecule has 0 aromatic carbocycles. The van der Waals surface area contributed by atoms with Crippen LogP contribution in [0.4, 0.5) is 0 Å². The molecular formula is C8H17NO2S. The van der Waals surface area contributed by atoms with Gasteiger partial charge in [-0.05, 0) is 25.2 Å². The Morgan fingerprint density at radius 2 is 2.33 bits per heavy atom. The molecular weight excluding hydrogens is 174 g/mol. The number of nitrogens with zero attached hydrogens (tertiary/aromatic N) is 1. The van der Waals surface area contributed by atoms with Crippen LogP contribution in [0.3, 0.4) is 0 Å². The van der Waals surface area contributed by atoms with Crippen molar-refractivity contribution >= 4 is 11.3 Å². The average Bonchev–Trinajstić information content (AvgIpc) is 2.33. The Kier molecular flexibility index (Phi) is 3.68. The summed E-state index contributed by atoms with van der Waals surface area (Å²) in [4.78, 5) is 0. The standard InChI is InChI=1S/C8H17NO2S/c1-7(2)6-8-4-3-5-9(8)12(10)11/h7-8H,3-6H2,1-2H3,(H,10,11). The molecule has 1 aliphatic heterocycles. The maximum absolute atomic E-state index is 10.8. The molecule has 0 saturated carbocycles. The van der Waals surface area contributed by atoms with Crippen LogP contribution in [-0.2, 0) is 11.3 Å². The van der Waals surface area contributed by atoms with Crippen molar-refractivity contribution in [3.05, 3.63) is 0 Å². The zero-order valence-corrected chi connectivity index (χ0v) is 8.51. The highest BCUT2D eigenvalue weighted by Crippen LogP contribution is 2.23. The number of hydrogen-bond donors (Lipinski definition) is 1. The lowest BCUT2D eigenvalue weighted by Crippen LogP contribution is -2.31. The number of hydrogen-bond acceptors (Lipinski definition) is 1. The van der Waals surface area contributed by atoms with Crippen LogP contribution < -0.4 is 0 Å². The van der Waals surface area contributed by atoms with E-state index in [1.807, 2.05) is 0 Å². The van der Waals surface area contributed by atoms with Gasteiger partial charge in [0.25, 0.3) is 0 Å². The first-order chi connectivity index (χ1) is 5.61.